The first kappa shape index (κ1) is 24.5. The van der Waals surface area contributed by atoms with E-state index in [4.69, 9.17) is 9.82 Å². The van der Waals surface area contributed by atoms with Crippen molar-refractivity contribution in [3.63, 3.8) is 0 Å². The normalized spacial score (nSPS) is 21.3. The van der Waals surface area contributed by atoms with Crippen molar-refractivity contribution >= 4 is 39.0 Å². The highest BCUT2D eigenvalue weighted by molar-refractivity contribution is 9.10. The Bertz CT molecular complexity index is 1470. The van der Waals surface area contributed by atoms with Crippen molar-refractivity contribution in [2.24, 2.45) is 11.1 Å². The molecule has 1 amide bonds. The number of pyridine rings is 1. The maximum Gasteiger partial charge on any atom is 0.235 e. The number of halogens is 1. The minimum Gasteiger partial charge on any atom is -0.391 e. The number of hydrogen-bond acceptors (Lipinski definition) is 7. The van der Waals surface area contributed by atoms with Crippen molar-refractivity contribution < 1.29 is 9.63 Å². The molecule has 194 valence electrons. The highest BCUT2D eigenvalue weighted by Gasteiger charge is 2.41. The summed E-state index contributed by atoms with van der Waals surface area (Å²) in [6.07, 6.45) is 6.92. The molecule has 5 heterocycles. The van der Waals surface area contributed by atoms with E-state index in [1.165, 1.54) is 0 Å². The second kappa shape index (κ2) is 10.5. The number of oxime groups is 1. The number of piperidine rings is 1. The van der Waals surface area contributed by atoms with Gasteiger partial charge in [0.25, 0.3) is 0 Å². The number of rotatable bonds is 6. The smallest absolute Gasteiger partial charge is 0.235 e. The quantitative estimate of drug-likeness (QED) is 0.361. The van der Waals surface area contributed by atoms with Crippen LogP contribution in [0.4, 0.5) is 5.82 Å². The summed E-state index contributed by atoms with van der Waals surface area (Å²) < 4.78 is 2.63. The fourth-order valence-corrected chi connectivity index (χ4v) is 5.59. The third kappa shape index (κ3) is 4.76. The fraction of sp³-hybridized carbons (Fsp3) is 0.321. The Morgan fingerprint density at radius 1 is 1.18 bits per heavy atom. The molecule has 6 rings (SSSR count). The molecule has 0 saturated carbocycles. The zero-order valence-electron chi connectivity index (χ0n) is 21.0. The van der Waals surface area contributed by atoms with Crippen molar-refractivity contribution in [1.82, 2.24) is 24.5 Å². The number of carbonyl (C=O) groups is 1. The summed E-state index contributed by atoms with van der Waals surface area (Å²) in [5.74, 6) is 0.587. The molecule has 1 fully saturated rings. The second-order valence-electron chi connectivity index (χ2n) is 9.76. The minimum absolute atomic E-state index is 0.0591. The van der Waals surface area contributed by atoms with E-state index in [1.54, 1.807) is 16.9 Å². The van der Waals surface area contributed by atoms with Crippen molar-refractivity contribution in [2.75, 3.05) is 18.4 Å². The lowest BCUT2D eigenvalue weighted by Gasteiger charge is -2.34. The van der Waals surface area contributed by atoms with Crippen LogP contribution in [-0.2, 0) is 16.2 Å². The highest BCUT2D eigenvalue weighted by Crippen LogP contribution is 2.32. The molecule has 1 saturated heterocycles. The van der Waals surface area contributed by atoms with Crippen LogP contribution >= 0.6 is 15.9 Å². The van der Waals surface area contributed by atoms with Crippen LogP contribution in [0.5, 0.6) is 0 Å². The Labute approximate surface area is 229 Å². The van der Waals surface area contributed by atoms with Crippen LogP contribution in [-0.4, -0.2) is 55.3 Å². The van der Waals surface area contributed by atoms with Crippen molar-refractivity contribution in [1.29, 1.82) is 0 Å². The van der Waals surface area contributed by atoms with Crippen molar-refractivity contribution in [2.45, 2.75) is 38.3 Å². The molecule has 1 N–H and O–H groups in total. The predicted octanol–water partition coefficient (Wildman–Crippen LogP) is 4.64. The van der Waals surface area contributed by atoms with Gasteiger partial charge < -0.3 is 15.1 Å². The molecule has 0 bridgehead atoms. The summed E-state index contributed by atoms with van der Waals surface area (Å²) in [5, 5.41) is 12.3. The third-order valence-electron chi connectivity index (χ3n) is 7.21. The number of aromatic nitrogens is 4. The molecule has 1 aromatic carbocycles. The van der Waals surface area contributed by atoms with E-state index >= 15 is 0 Å². The monoisotopic (exact) mass is 573 g/mol. The summed E-state index contributed by atoms with van der Waals surface area (Å²) in [4.78, 5) is 30.5. The molecule has 4 aromatic rings. The molecule has 10 heteroatoms. The van der Waals surface area contributed by atoms with Crippen LogP contribution in [0.2, 0.25) is 0 Å². The van der Waals surface area contributed by atoms with Gasteiger partial charge in [-0.25, -0.2) is 4.98 Å². The van der Waals surface area contributed by atoms with E-state index in [0.29, 0.717) is 25.3 Å². The summed E-state index contributed by atoms with van der Waals surface area (Å²) in [6, 6.07) is 15.8. The van der Waals surface area contributed by atoms with Gasteiger partial charge in [0.05, 0.1) is 16.4 Å². The van der Waals surface area contributed by atoms with E-state index in [1.807, 2.05) is 60.5 Å². The zero-order chi connectivity index (χ0) is 26.1. The average molecular weight is 574 g/mol. The number of nitrogens with zero attached hydrogens (tertiary/aromatic N) is 6. The van der Waals surface area contributed by atoms with E-state index in [0.717, 1.165) is 45.6 Å². The first-order valence-corrected chi connectivity index (χ1v) is 13.6. The molecule has 3 atom stereocenters. The summed E-state index contributed by atoms with van der Waals surface area (Å²) >= 11 is 3.60. The molecule has 0 spiro atoms. The van der Waals surface area contributed by atoms with Gasteiger partial charge >= 0.3 is 0 Å². The average Bonchev–Trinajstić information content (AvgIpc) is 3.54. The van der Waals surface area contributed by atoms with Gasteiger partial charge in [-0.2, -0.15) is 9.61 Å². The van der Waals surface area contributed by atoms with Crippen LogP contribution in [0, 0.1) is 5.92 Å². The summed E-state index contributed by atoms with van der Waals surface area (Å²) in [5.41, 5.74) is 4.39. The van der Waals surface area contributed by atoms with Crippen LogP contribution < -0.4 is 5.32 Å². The largest absolute Gasteiger partial charge is 0.391 e. The number of benzene rings is 1. The summed E-state index contributed by atoms with van der Waals surface area (Å²) in [7, 11) is 0. The first-order chi connectivity index (χ1) is 18.6. The van der Waals surface area contributed by atoms with Gasteiger partial charge in [-0.05, 0) is 47.3 Å². The van der Waals surface area contributed by atoms with Crippen LogP contribution in [0.3, 0.4) is 0 Å². The van der Waals surface area contributed by atoms with Gasteiger partial charge in [0.2, 0.25) is 5.91 Å². The number of nitrogens with one attached hydrogen (secondary N) is 1. The zero-order valence-corrected chi connectivity index (χ0v) is 22.6. The molecule has 3 aromatic heterocycles. The lowest BCUT2D eigenvalue weighted by atomic mass is 9.89. The number of fused-ring (bicyclic) bond motifs is 1. The topological polar surface area (TPSA) is 97.0 Å². The Balaban J connectivity index is 1.25. The molecular formula is C28H28BrN7O2. The molecule has 3 unspecified atom stereocenters. The number of amides is 1. The molecule has 38 heavy (non-hydrogen) atoms. The Hall–Kier alpha value is -3.79. The molecule has 2 aliphatic heterocycles. The lowest BCUT2D eigenvalue weighted by molar-refractivity contribution is -0.137. The molecule has 0 aliphatic carbocycles. The van der Waals surface area contributed by atoms with Gasteiger partial charge in [-0.1, -0.05) is 41.6 Å². The van der Waals surface area contributed by atoms with Gasteiger partial charge in [-0.3, -0.25) is 9.78 Å². The van der Waals surface area contributed by atoms with Gasteiger partial charge in [0.1, 0.15) is 23.6 Å². The number of carbonyl (C=O) groups excluding carboxylic acids is 1. The van der Waals surface area contributed by atoms with Crippen LogP contribution in [0.1, 0.15) is 42.5 Å². The molecule has 0 radical (unpaired) electrons. The lowest BCUT2D eigenvalue weighted by Crippen LogP contribution is -2.46. The second-order valence-corrected chi connectivity index (χ2v) is 10.6. The minimum atomic E-state index is -0.424. The highest BCUT2D eigenvalue weighted by atomic mass is 79.9. The maximum atomic E-state index is 13.8. The number of hydrogen-bond donors (Lipinski definition) is 1. The maximum absolute atomic E-state index is 13.8. The fourth-order valence-electron chi connectivity index (χ4n) is 5.24. The molecule has 2 aliphatic rings. The number of likely N-dealkylation sites (tertiary alicyclic amines) is 1. The van der Waals surface area contributed by atoms with Gasteiger partial charge in [-0.15, -0.1) is 0 Å². The van der Waals surface area contributed by atoms with E-state index in [-0.39, 0.29) is 17.9 Å². The SMILES string of the molecule is CC1ON=C(c2ccccc2)C1C(=O)N1CCCC(c2cc(NCc3cccnc3)n3ncc(Br)c3n2)C1. The Morgan fingerprint density at radius 3 is 2.87 bits per heavy atom. The standard InChI is InChI=1S/C28H28BrN7O2/c1-18-25(26(34-38-18)20-8-3-2-4-9-20)28(37)35-12-6-10-21(17-35)23-13-24(31-15-19-7-5-11-30-14-19)36-27(33-23)22(29)16-32-36/h2-5,7-9,11,13-14,16,18,21,25,31H,6,10,12,15,17H2,1H3. The summed E-state index contributed by atoms with van der Waals surface area (Å²) in [6.45, 7) is 3.84. The molecular weight excluding hydrogens is 546 g/mol. The van der Waals surface area contributed by atoms with Crippen LogP contribution in [0.25, 0.3) is 5.65 Å². The van der Waals surface area contributed by atoms with Crippen molar-refractivity contribution in [3.8, 4) is 0 Å². The van der Waals surface area contributed by atoms with Gasteiger partial charge in [0, 0.05) is 49.6 Å². The van der Waals surface area contributed by atoms with E-state index in [9.17, 15) is 4.79 Å². The first-order valence-electron chi connectivity index (χ1n) is 12.8. The third-order valence-corrected chi connectivity index (χ3v) is 7.77. The Morgan fingerprint density at radius 2 is 2.05 bits per heavy atom. The van der Waals surface area contributed by atoms with Crippen molar-refractivity contribution in [3.05, 3.63) is 88.4 Å². The van der Waals surface area contributed by atoms with E-state index < -0.39 is 5.92 Å². The predicted molar refractivity (Wildman–Crippen MR) is 148 cm³/mol. The van der Waals surface area contributed by atoms with Crippen LogP contribution in [0.15, 0.2) is 76.7 Å². The Kier molecular flexibility index (Phi) is 6.80. The van der Waals surface area contributed by atoms with E-state index in [2.05, 4.69) is 42.6 Å². The number of anilines is 1. The van der Waals surface area contributed by atoms with Gasteiger partial charge in [0.15, 0.2) is 5.65 Å². The molecule has 9 nitrogen and oxygen atoms in total.